The molecule has 3 rings (SSSR count). The summed E-state index contributed by atoms with van der Waals surface area (Å²) >= 11 is 0. The van der Waals surface area contributed by atoms with Gasteiger partial charge in [0, 0.05) is 18.7 Å². The molecule has 1 aromatic heterocycles. The molecule has 0 spiro atoms. The van der Waals surface area contributed by atoms with Crippen molar-refractivity contribution in [3.05, 3.63) is 35.9 Å². The van der Waals surface area contributed by atoms with Crippen LogP contribution in [0.3, 0.4) is 0 Å². The van der Waals surface area contributed by atoms with Crippen molar-refractivity contribution in [1.82, 2.24) is 9.78 Å². The van der Waals surface area contributed by atoms with Crippen LogP contribution >= 0.6 is 0 Å². The number of aryl methyl sites for hydroxylation is 2. The van der Waals surface area contributed by atoms with Gasteiger partial charge in [-0.05, 0) is 12.5 Å². The zero-order valence-corrected chi connectivity index (χ0v) is 12.7. The third-order valence-electron chi connectivity index (χ3n) is 3.66. The molecule has 1 atom stereocenters. The predicted octanol–water partition coefficient (Wildman–Crippen LogP) is 1.75. The molecule has 1 saturated heterocycles. The van der Waals surface area contributed by atoms with Crippen molar-refractivity contribution in [3.63, 3.8) is 0 Å². The second kappa shape index (κ2) is 6.29. The van der Waals surface area contributed by atoms with Crippen molar-refractivity contribution < 1.29 is 14.3 Å². The summed E-state index contributed by atoms with van der Waals surface area (Å²) in [7, 11) is 1.80. The van der Waals surface area contributed by atoms with Gasteiger partial charge in [-0.3, -0.25) is 9.48 Å². The molecule has 1 aliphatic rings. The van der Waals surface area contributed by atoms with Gasteiger partial charge in [-0.2, -0.15) is 5.10 Å². The standard InChI is InChI=1S/C16H19N3O3/c1-11-5-3-4-6-12(11)13-9-15(19(2)18-13)17-16(20)14-10-21-7-8-22-14/h3-6,9,14H,7-8,10H2,1-2H3,(H,17,20). The number of nitrogens with one attached hydrogen (secondary N) is 1. The molecule has 1 N–H and O–H groups in total. The number of amides is 1. The minimum absolute atomic E-state index is 0.209. The maximum atomic E-state index is 12.2. The smallest absolute Gasteiger partial charge is 0.257 e. The summed E-state index contributed by atoms with van der Waals surface area (Å²) in [5.74, 6) is 0.427. The number of nitrogens with zero attached hydrogens (tertiary/aromatic N) is 2. The van der Waals surface area contributed by atoms with Crippen LogP contribution in [0.25, 0.3) is 11.3 Å². The Kier molecular flexibility index (Phi) is 4.22. The van der Waals surface area contributed by atoms with E-state index in [0.717, 1.165) is 16.8 Å². The molecule has 2 heterocycles. The molecular formula is C16H19N3O3. The third-order valence-corrected chi connectivity index (χ3v) is 3.66. The van der Waals surface area contributed by atoms with Crippen LogP contribution in [0.5, 0.6) is 0 Å². The number of hydrogen-bond acceptors (Lipinski definition) is 4. The van der Waals surface area contributed by atoms with Crippen molar-refractivity contribution in [2.75, 3.05) is 25.1 Å². The molecule has 6 nitrogen and oxygen atoms in total. The van der Waals surface area contributed by atoms with E-state index in [9.17, 15) is 4.79 Å². The summed E-state index contributed by atoms with van der Waals surface area (Å²) in [5, 5.41) is 7.32. The highest BCUT2D eigenvalue weighted by Crippen LogP contribution is 2.24. The fourth-order valence-corrected chi connectivity index (χ4v) is 2.42. The van der Waals surface area contributed by atoms with Crippen LogP contribution in [0.4, 0.5) is 5.82 Å². The molecule has 1 fully saturated rings. The first-order valence-electron chi connectivity index (χ1n) is 7.25. The highest BCUT2D eigenvalue weighted by Gasteiger charge is 2.23. The second-order valence-corrected chi connectivity index (χ2v) is 5.28. The van der Waals surface area contributed by atoms with Gasteiger partial charge in [-0.25, -0.2) is 0 Å². The zero-order valence-electron chi connectivity index (χ0n) is 12.7. The summed E-state index contributed by atoms with van der Waals surface area (Å²) in [6, 6.07) is 9.88. The highest BCUT2D eigenvalue weighted by molar-refractivity contribution is 5.94. The van der Waals surface area contributed by atoms with Crippen molar-refractivity contribution in [2.24, 2.45) is 7.05 Å². The van der Waals surface area contributed by atoms with Crippen LogP contribution in [0, 0.1) is 6.92 Å². The Morgan fingerprint density at radius 1 is 1.36 bits per heavy atom. The van der Waals surface area contributed by atoms with Gasteiger partial charge in [-0.15, -0.1) is 0 Å². The number of carbonyl (C=O) groups excluding carboxylic acids is 1. The number of carbonyl (C=O) groups is 1. The van der Waals surface area contributed by atoms with Gasteiger partial charge < -0.3 is 14.8 Å². The first-order chi connectivity index (χ1) is 10.6. The molecule has 1 amide bonds. The highest BCUT2D eigenvalue weighted by atomic mass is 16.6. The van der Waals surface area contributed by atoms with Gasteiger partial charge in [0.25, 0.3) is 5.91 Å². The molecule has 1 aliphatic heterocycles. The molecule has 0 aliphatic carbocycles. The van der Waals surface area contributed by atoms with E-state index in [4.69, 9.17) is 9.47 Å². The number of rotatable bonds is 3. The fraction of sp³-hybridized carbons (Fsp3) is 0.375. The number of anilines is 1. The lowest BCUT2D eigenvalue weighted by atomic mass is 10.1. The molecule has 0 radical (unpaired) electrons. The first-order valence-corrected chi connectivity index (χ1v) is 7.25. The minimum Gasteiger partial charge on any atom is -0.376 e. The predicted molar refractivity (Wildman–Crippen MR) is 82.6 cm³/mol. The van der Waals surface area contributed by atoms with Crippen molar-refractivity contribution in [1.29, 1.82) is 0 Å². The maximum absolute atomic E-state index is 12.2. The Hall–Kier alpha value is -2.18. The van der Waals surface area contributed by atoms with E-state index in [1.807, 2.05) is 37.3 Å². The minimum atomic E-state index is -0.564. The van der Waals surface area contributed by atoms with Gasteiger partial charge >= 0.3 is 0 Å². The topological polar surface area (TPSA) is 65.4 Å². The van der Waals surface area contributed by atoms with Crippen molar-refractivity contribution in [2.45, 2.75) is 13.0 Å². The number of ether oxygens (including phenoxy) is 2. The number of aromatic nitrogens is 2. The lowest BCUT2D eigenvalue weighted by molar-refractivity contribution is -0.142. The Morgan fingerprint density at radius 3 is 2.91 bits per heavy atom. The van der Waals surface area contributed by atoms with Crippen LogP contribution in [0.1, 0.15) is 5.56 Å². The van der Waals surface area contributed by atoms with E-state index in [2.05, 4.69) is 10.4 Å². The lowest BCUT2D eigenvalue weighted by Crippen LogP contribution is -2.39. The summed E-state index contributed by atoms with van der Waals surface area (Å²) in [5.41, 5.74) is 3.02. The Labute approximate surface area is 129 Å². The summed E-state index contributed by atoms with van der Waals surface area (Å²) in [4.78, 5) is 12.2. The molecule has 0 saturated carbocycles. The summed E-state index contributed by atoms with van der Waals surface area (Å²) < 4.78 is 12.3. The Balaban J connectivity index is 1.78. The maximum Gasteiger partial charge on any atom is 0.257 e. The fourth-order valence-electron chi connectivity index (χ4n) is 2.42. The lowest BCUT2D eigenvalue weighted by Gasteiger charge is -2.21. The second-order valence-electron chi connectivity index (χ2n) is 5.28. The van der Waals surface area contributed by atoms with Crippen LogP contribution < -0.4 is 5.32 Å². The van der Waals surface area contributed by atoms with E-state index in [1.54, 1.807) is 11.7 Å². The summed E-state index contributed by atoms with van der Waals surface area (Å²) in [6.45, 7) is 3.30. The molecule has 6 heteroatoms. The average molecular weight is 301 g/mol. The molecule has 2 aromatic rings. The van der Waals surface area contributed by atoms with E-state index >= 15 is 0 Å². The van der Waals surface area contributed by atoms with Crippen LogP contribution in [0.2, 0.25) is 0 Å². The molecule has 1 aromatic carbocycles. The average Bonchev–Trinajstić information content (AvgIpc) is 2.89. The summed E-state index contributed by atoms with van der Waals surface area (Å²) in [6.07, 6.45) is -0.564. The Morgan fingerprint density at radius 2 is 2.18 bits per heavy atom. The number of benzene rings is 1. The van der Waals surface area contributed by atoms with Gasteiger partial charge in [0.2, 0.25) is 0 Å². The van der Waals surface area contributed by atoms with E-state index in [1.165, 1.54) is 0 Å². The third kappa shape index (κ3) is 3.03. The van der Waals surface area contributed by atoms with Crippen LogP contribution in [0.15, 0.2) is 30.3 Å². The van der Waals surface area contributed by atoms with Gasteiger partial charge in [-0.1, -0.05) is 24.3 Å². The monoisotopic (exact) mass is 301 g/mol. The Bertz CT molecular complexity index is 675. The van der Waals surface area contributed by atoms with Gasteiger partial charge in [0.1, 0.15) is 5.82 Å². The van der Waals surface area contributed by atoms with Crippen LogP contribution in [-0.2, 0) is 21.3 Å². The largest absolute Gasteiger partial charge is 0.376 e. The first kappa shape index (κ1) is 14.7. The van der Waals surface area contributed by atoms with Crippen molar-refractivity contribution in [3.8, 4) is 11.3 Å². The van der Waals surface area contributed by atoms with Gasteiger partial charge in [0.05, 0.1) is 25.5 Å². The van der Waals surface area contributed by atoms with E-state index in [-0.39, 0.29) is 12.5 Å². The van der Waals surface area contributed by atoms with E-state index in [0.29, 0.717) is 19.0 Å². The SMILES string of the molecule is Cc1ccccc1-c1cc(NC(=O)C2COCCO2)n(C)n1. The molecule has 0 bridgehead atoms. The quantitative estimate of drug-likeness (QED) is 0.938. The van der Waals surface area contributed by atoms with E-state index < -0.39 is 6.10 Å². The van der Waals surface area contributed by atoms with Crippen LogP contribution in [-0.4, -0.2) is 41.6 Å². The molecule has 22 heavy (non-hydrogen) atoms. The van der Waals surface area contributed by atoms with Crippen molar-refractivity contribution >= 4 is 11.7 Å². The van der Waals surface area contributed by atoms with Gasteiger partial charge in [0.15, 0.2) is 6.10 Å². The molecule has 116 valence electrons. The normalized spacial score (nSPS) is 18.2. The molecular weight excluding hydrogens is 282 g/mol. The molecule has 1 unspecified atom stereocenters. The zero-order chi connectivity index (χ0) is 15.5. The number of hydrogen-bond donors (Lipinski definition) is 1.